The number of pyridine rings is 1. The van der Waals surface area contributed by atoms with Gasteiger partial charge in [-0.05, 0) is 46.4 Å². The summed E-state index contributed by atoms with van der Waals surface area (Å²) in [6, 6.07) is 12.5. The molecule has 0 aliphatic heterocycles. The second-order valence-electron chi connectivity index (χ2n) is 4.20. The molecule has 0 saturated heterocycles. The maximum atomic E-state index is 4.26. The highest BCUT2D eigenvalue weighted by Crippen LogP contribution is 2.16. The van der Waals surface area contributed by atoms with E-state index in [9.17, 15) is 0 Å². The van der Waals surface area contributed by atoms with Crippen molar-refractivity contribution in [3.8, 4) is 0 Å². The second kappa shape index (κ2) is 6.00. The van der Waals surface area contributed by atoms with Crippen LogP contribution in [-0.2, 0) is 0 Å². The van der Waals surface area contributed by atoms with Crippen molar-refractivity contribution < 1.29 is 0 Å². The zero-order valence-electron chi connectivity index (χ0n) is 10.5. The number of benzene rings is 1. The van der Waals surface area contributed by atoms with Gasteiger partial charge in [-0.15, -0.1) is 0 Å². The molecule has 1 aromatic heterocycles. The van der Waals surface area contributed by atoms with Gasteiger partial charge >= 0.3 is 0 Å². The van der Waals surface area contributed by atoms with E-state index in [1.54, 1.807) is 0 Å². The molecule has 18 heavy (non-hydrogen) atoms. The molecule has 0 amide bonds. The molecule has 0 saturated carbocycles. The van der Waals surface area contributed by atoms with Crippen molar-refractivity contribution in [2.75, 3.05) is 19.0 Å². The summed E-state index contributed by atoms with van der Waals surface area (Å²) in [5, 5.41) is 0. The molecule has 0 unspecified atom stereocenters. The zero-order valence-corrected chi connectivity index (χ0v) is 12.6. The van der Waals surface area contributed by atoms with E-state index in [-0.39, 0.29) is 0 Å². The Kier molecular flexibility index (Phi) is 4.36. The molecule has 92 valence electrons. The molecule has 0 N–H and O–H groups in total. The van der Waals surface area contributed by atoms with Gasteiger partial charge in [0.05, 0.1) is 0 Å². The van der Waals surface area contributed by atoms with Crippen LogP contribution in [0.25, 0.3) is 12.2 Å². The fourth-order valence-electron chi connectivity index (χ4n) is 1.59. The lowest BCUT2D eigenvalue weighted by Gasteiger charge is -2.11. The monoisotopic (exact) mass is 350 g/mol. The number of nitrogens with zero attached hydrogens (tertiary/aromatic N) is 2. The molecular formula is C15H15IN2. The number of anilines is 1. The Balaban J connectivity index is 2.17. The molecular weight excluding hydrogens is 335 g/mol. The van der Waals surface area contributed by atoms with Crippen LogP contribution < -0.4 is 4.90 Å². The summed E-state index contributed by atoms with van der Waals surface area (Å²) >= 11 is 2.25. The van der Waals surface area contributed by atoms with Crippen LogP contribution in [0.2, 0.25) is 0 Å². The van der Waals surface area contributed by atoms with Gasteiger partial charge in [-0.2, -0.15) is 0 Å². The molecule has 1 aromatic carbocycles. The highest BCUT2D eigenvalue weighted by atomic mass is 127. The number of aromatic nitrogens is 1. The predicted octanol–water partition coefficient (Wildman–Crippen LogP) is 3.92. The molecule has 1 heterocycles. The fourth-order valence-corrected chi connectivity index (χ4v) is 2.11. The van der Waals surface area contributed by atoms with Gasteiger partial charge in [0.2, 0.25) is 0 Å². The SMILES string of the molecule is CN(C)c1ccc(C=Cc2cccnc2I)cc1. The van der Waals surface area contributed by atoms with E-state index >= 15 is 0 Å². The summed E-state index contributed by atoms with van der Waals surface area (Å²) in [6.45, 7) is 0. The largest absolute Gasteiger partial charge is 0.378 e. The standard InChI is InChI=1S/C15H15IN2/c1-18(2)14-9-6-12(7-10-14)5-8-13-4-3-11-17-15(13)16/h3-11H,1-2H3. The maximum Gasteiger partial charge on any atom is 0.108 e. The van der Waals surface area contributed by atoms with Gasteiger partial charge in [-0.25, -0.2) is 4.98 Å². The van der Waals surface area contributed by atoms with Gasteiger partial charge in [0.25, 0.3) is 0 Å². The minimum absolute atomic E-state index is 1.02. The minimum Gasteiger partial charge on any atom is -0.378 e. The molecule has 2 aromatic rings. The summed E-state index contributed by atoms with van der Waals surface area (Å²) in [7, 11) is 4.09. The Labute approximate surface area is 121 Å². The van der Waals surface area contributed by atoms with E-state index in [0.29, 0.717) is 0 Å². The van der Waals surface area contributed by atoms with Crippen molar-refractivity contribution in [1.29, 1.82) is 0 Å². The number of hydrogen-bond acceptors (Lipinski definition) is 2. The van der Waals surface area contributed by atoms with Gasteiger partial charge in [0.1, 0.15) is 3.70 Å². The summed E-state index contributed by atoms with van der Waals surface area (Å²) < 4.78 is 1.02. The molecule has 0 atom stereocenters. The third-order valence-electron chi connectivity index (χ3n) is 2.65. The summed E-state index contributed by atoms with van der Waals surface area (Å²) in [5.74, 6) is 0. The Hall–Kier alpha value is -1.36. The summed E-state index contributed by atoms with van der Waals surface area (Å²) in [4.78, 5) is 6.35. The van der Waals surface area contributed by atoms with E-state index in [1.165, 1.54) is 11.3 Å². The fraction of sp³-hybridized carbons (Fsp3) is 0.133. The average molecular weight is 350 g/mol. The van der Waals surface area contributed by atoms with Gasteiger partial charge in [0.15, 0.2) is 0 Å². The van der Waals surface area contributed by atoms with E-state index in [2.05, 4.69) is 75.0 Å². The Morgan fingerprint density at radius 3 is 2.39 bits per heavy atom. The minimum atomic E-state index is 1.02. The lowest BCUT2D eigenvalue weighted by atomic mass is 10.1. The lowest BCUT2D eigenvalue weighted by Crippen LogP contribution is -2.07. The molecule has 0 aliphatic carbocycles. The van der Waals surface area contributed by atoms with Gasteiger partial charge < -0.3 is 4.90 Å². The van der Waals surface area contributed by atoms with Crippen LogP contribution in [-0.4, -0.2) is 19.1 Å². The van der Waals surface area contributed by atoms with Crippen LogP contribution in [0.5, 0.6) is 0 Å². The van der Waals surface area contributed by atoms with Crippen LogP contribution >= 0.6 is 22.6 Å². The average Bonchev–Trinajstić information content (AvgIpc) is 2.38. The summed E-state index contributed by atoms with van der Waals surface area (Å²) in [5.41, 5.74) is 3.55. The van der Waals surface area contributed by atoms with E-state index in [4.69, 9.17) is 0 Å². The Bertz CT molecular complexity index is 545. The predicted molar refractivity (Wildman–Crippen MR) is 86.7 cm³/mol. The van der Waals surface area contributed by atoms with Crippen molar-refractivity contribution in [2.24, 2.45) is 0 Å². The molecule has 2 rings (SSSR count). The lowest BCUT2D eigenvalue weighted by molar-refractivity contribution is 1.13. The van der Waals surface area contributed by atoms with Crippen LogP contribution in [0.3, 0.4) is 0 Å². The maximum absolute atomic E-state index is 4.26. The van der Waals surface area contributed by atoms with Gasteiger partial charge in [0, 0.05) is 31.5 Å². The van der Waals surface area contributed by atoms with Crippen LogP contribution in [0, 0.1) is 3.70 Å². The third kappa shape index (κ3) is 3.32. The number of hydrogen-bond donors (Lipinski definition) is 0. The third-order valence-corrected chi connectivity index (χ3v) is 3.55. The second-order valence-corrected chi connectivity index (χ2v) is 5.22. The first-order chi connectivity index (χ1) is 8.66. The first-order valence-electron chi connectivity index (χ1n) is 5.73. The van der Waals surface area contributed by atoms with Crippen molar-refractivity contribution >= 4 is 40.4 Å². The Morgan fingerprint density at radius 2 is 1.78 bits per heavy atom. The van der Waals surface area contributed by atoms with E-state index in [1.807, 2.05) is 26.4 Å². The Morgan fingerprint density at radius 1 is 1.06 bits per heavy atom. The van der Waals surface area contributed by atoms with E-state index in [0.717, 1.165) is 9.26 Å². The molecule has 2 nitrogen and oxygen atoms in total. The molecule has 0 fully saturated rings. The normalized spacial score (nSPS) is 10.8. The molecule has 3 heteroatoms. The first-order valence-corrected chi connectivity index (χ1v) is 6.80. The van der Waals surface area contributed by atoms with Crippen LogP contribution in [0.1, 0.15) is 11.1 Å². The molecule has 0 spiro atoms. The number of halogens is 1. The van der Waals surface area contributed by atoms with Crippen LogP contribution in [0.15, 0.2) is 42.6 Å². The van der Waals surface area contributed by atoms with Crippen molar-refractivity contribution in [2.45, 2.75) is 0 Å². The van der Waals surface area contributed by atoms with Gasteiger partial charge in [-0.3, -0.25) is 0 Å². The van der Waals surface area contributed by atoms with E-state index < -0.39 is 0 Å². The van der Waals surface area contributed by atoms with Crippen molar-refractivity contribution in [3.63, 3.8) is 0 Å². The topological polar surface area (TPSA) is 16.1 Å². The quantitative estimate of drug-likeness (QED) is 0.616. The number of rotatable bonds is 3. The zero-order chi connectivity index (χ0) is 13.0. The first kappa shape index (κ1) is 13.1. The smallest absolute Gasteiger partial charge is 0.108 e. The molecule has 0 bridgehead atoms. The molecule has 0 radical (unpaired) electrons. The van der Waals surface area contributed by atoms with Gasteiger partial charge in [-0.1, -0.05) is 30.4 Å². The van der Waals surface area contributed by atoms with Crippen molar-refractivity contribution in [3.05, 3.63) is 57.4 Å². The van der Waals surface area contributed by atoms with Crippen molar-refractivity contribution in [1.82, 2.24) is 4.98 Å². The highest BCUT2D eigenvalue weighted by molar-refractivity contribution is 14.1. The van der Waals surface area contributed by atoms with Crippen LogP contribution in [0.4, 0.5) is 5.69 Å². The summed E-state index contributed by atoms with van der Waals surface area (Å²) in [6.07, 6.45) is 6.02. The molecule has 0 aliphatic rings. The highest BCUT2D eigenvalue weighted by Gasteiger charge is 1.96.